The summed E-state index contributed by atoms with van der Waals surface area (Å²) in [6, 6.07) is 6.55. The first-order valence-electron chi connectivity index (χ1n) is 6.30. The molecule has 18 heavy (non-hydrogen) atoms. The number of nitrogens with two attached hydrogens (primary N) is 1. The van der Waals surface area contributed by atoms with Crippen LogP contribution in [0.3, 0.4) is 0 Å². The van der Waals surface area contributed by atoms with Crippen molar-refractivity contribution in [1.29, 1.82) is 5.26 Å². The van der Waals surface area contributed by atoms with Crippen molar-refractivity contribution in [2.75, 3.05) is 12.1 Å². The molecular formula is C13H17N5. The summed E-state index contributed by atoms with van der Waals surface area (Å²) in [6.45, 7) is 2.57. The topological polar surface area (TPSA) is 79.1 Å². The summed E-state index contributed by atoms with van der Waals surface area (Å²) in [4.78, 5) is 4.17. The first-order valence-corrected chi connectivity index (χ1v) is 6.30. The summed E-state index contributed by atoms with van der Waals surface area (Å²) in [5.41, 5.74) is 11.1. The molecular weight excluding hydrogens is 226 g/mol. The van der Waals surface area contributed by atoms with Crippen LogP contribution in [0, 0.1) is 16.7 Å². The summed E-state index contributed by atoms with van der Waals surface area (Å²) >= 11 is 0. The van der Waals surface area contributed by atoms with E-state index in [4.69, 9.17) is 5.73 Å². The smallest absolute Gasteiger partial charge is 0.146 e. The van der Waals surface area contributed by atoms with Gasteiger partial charge in [-0.15, -0.1) is 0 Å². The van der Waals surface area contributed by atoms with E-state index in [1.54, 1.807) is 0 Å². The van der Waals surface area contributed by atoms with E-state index in [0.717, 1.165) is 25.0 Å². The zero-order chi connectivity index (χ0) is 12.8. The Balaban J connectivity index is 1.92. The molecule has 0 aromatic carbocycles. The lowest BCUT2D eigenvalue weighted by Gasteiger charge is -2.21. The van der Waals surface area contributed by atoms with E-state index in [1.807, 2.05) is 10.7 Å². The Morgan fingerprint density at radius 3 is 3.17 bits per heavy atom. The van der Waals surface area contributed by atoms with E-state index in [9.17, 15) is 5.26 Å². The van der Waals surface area contributed by atoms with Crippen molar-refractivity contribution in [3.63, 3.8) is 0 Å². The Hall–Kier alpha value is -1.96. The second kappa shape index (κ2) is 3.77. The number of nitriles is 1. The van der Waals surface area contributed by atoms with E-state index in [2.05, 4.69) is 29.5 Å². The summed E-state index contributed by atoms with van der Waals surface area (Å²) < 4.78 is 2.04. The second-order valence-electron chi connectivity index (χ2n) is 5.45. The number of amidine groups is 1. The van der Waals surface area contributed by atoms with Crippen LogP contribution in [0.25, 0.3) is 0 Å². The molecule has 1 aliphatic heterocycles. The van der Waals surface area contributed by atoms with Gasteiger partial charge in [0.25, 0.3) is 0 Å². The highest BCUT2D eigenvalue weighted by Crippen LogP contribution is 2.46. The van der Waals surface area contributed by atoms with Gasteiger partial charge in [-0.1, -0.05) is 0 Å². The molecule has 1 aromatic rings. The quantitative estimate of drug-likeness (QED) is 0.784. The zero-order valence-electron chi connectivity index (χ0n) is 10.5. The number of fused-ring (bicyclic) bond motifs is 1. The van der Waals surface area contributed by atoms with Gasteiger partial charge in [0.05, 0.1) is 11.5 Å². The van der Waals surface area contributed by atoms with Crippen molar-refractivity contribution in [2.24, 2.45) is 16.1 Å². The Bertz CT molecular complexity index is 550. The van der Waals surface area contributed by atoms with E-state index in [-0.39, 0.29) is 5.41 Å². The normalized spacial score (nSPS) is 30.2. The van der Waals surface area contributed by atoms with Crippen LogP contribution in [-0.2, 0) is 0 Å². The van der Waals surface area contributed by atoms with Crippen LogP contribution in [0.1, 0.15) is 43.5 Å². The van der Waals surface area contributed by atoms with E-state index >= 15 is 0 Å². The highest BCUT2D eigenvalue weighted by molar-refractivity contribution is 5.97. The van der Waals surface area contributed by atoms with E-state index in [0.29, 0.717) is 18.4 Å². The number of aliphatic imine (C=N–C) groups is 1. The highest BCUT2D eigenvalue weighted by atomic mass is 15.5. The number of nitrogens with zero attached hydrogens (tertiary/aromatic N) is 3. The molecule has 2 heterocycles. The molecule has 5 nitrogen and oxygen atoms in total. The molecule has 0 amide bonds. The molecule has 0 bridgehead atoms. The molecule has 3 rings (SSSR count). The summed E-state index contributed by atoms with van der Waals surface area (Å²) in [5.74, 6) is 1.02. The molecule has 1 aromatic heterocycles. The molecule has 2 atom stereocenters. The fourth-order valence-electron chi connectivity index (χ4n) is 3.01. The SMILES string of the molecule is CC1(C#N)CCC(c2ccc3n2NCN=C3N)C1. The molecule has 2 unspecified atom stereocenters. The van der Waals surface area contributed by atoms with E-state index in [1.165, 1.54) is 5.69 Å². The molecule has 3 N–H and O–H groups in total. The van der Waals surface area contributed by atoms with Gasteiger partial charge in [0, 0.05) is 11.6 Å². The van der Waals surface area contributed by atoms with Crippen molar-refractivity contribution in [3.8, 4) is 6.07 Å². The number of hydrogen-bond donors (Lipinski definition) is 2. The summed E-state index contributed by atoms with van der Waals surface area (Å²) in [7, 11) is 0. The Labute approximate surface area is 106 Å². The maximum atomic E-state index is 9.21. The van der Waals surface area contributed by atoms with Crippen molar-refractivity contribution in [3.05, 3.63) is 23.5 Å². The molecule has 0 radical (unpaired) electrons. The summed E-state index contributed by atoms with van der Waals surface area (Å²) in [6.07, 6.45) is 2.95. The van der Waals surface area contributed by atoms with Gasteiger partial charge in [-0.25, -0.2) is 4.99 Å². The average molecular weight is 243 g/mol. The van der Waals surface area contributed by atoms with E-state index < -0.39 is 0 Å². The number of aromatic nitrogens is 1. The minimum atomic E-state index is -0.177. The Kier molecular flexibility index (Phi) is 2.34. The Morgan fingerprint density at radius 2 is 2.44 bits per heavy atom. The third-order valence-electron chi connectivity index (χ3n) is 4.08. The van der Waals surface area contributed by atoms with Crippen LogP contribution < -0.4 is 11.2 Å². The third-order valence-corrected chi connectivity index (χ3v) is 4.08. The fourth-order valence-corrected chi connectivity index (χ4v) is 3.01. The Morgan fingerprint density at radius 1 is 1.61 bits per heavy atom. The molecule has 94 valence electrons. The molecule has 2 aliphatic rings. The number of nitrogens with one attached hydrogen (secondary N) is 1. The number of hydrogen-bond acceptors (Lipinski definition) is 4. The molecule has 5 heteroatoms. The number of rotatable bonds is 1. The second-order valence-corrected chi connectivity index (χ2v) is 5.45. The van der Waals surface area contributed by atoms with Crippen molar-refractivity contribution in [2.45, 2.75) is 32.1 Å². The average Bonchev–Trinajstić information content (AvgIpc) is 2.94. The van der Waals surface area contributed by atoms with Gasteiger partial charge in [0.1, 0.15) is 18.2 Å². The fraction of sp³-hybridized carbons (Fsp3) is 0.538. The lowest BCUT2D eigenvalue weighted by Crippen LogP contribution is -2.32. The third kappa shape index (κ3) is 1.57. The van der Waals surface area contributed by atoms with Gasteiger partial charge >= 0.3 is 0 Å². The van der Waals surface area contributed by atoms with Crippen LogP contribution in [0.4, 0.5) is 0 Å². The van der Waals surface area contributed by atoms with Crippen LogP contribution in [-0.4, -0.2) is 17.2 Å². The molecule has 0 saturated heterocycles. The van der Waals surface area contributed by atoms with Gasteiger partial charge < -0.3 is 11.2 Å². The van der Waals surface area contributed by atoms with Crippen molar-refractivity contribution in [1.82, 2.24) is 4.68 Å². The van der Waals surface area contributed by atoms with Gasteiger partial charge in [0.2, 0.25) is 0 Å². The largest absolute Gasteiger partial charge is 0.382 e. The predicted octanol–water partition coefficient (Wildman–Crippen LogP) is 1.51. The highest BCUT2D eigenvalue weighted by Gasteiger charge is 2.37. The summed E-state index contributed by atoms with van der Waals surface area (Å²) in [5, 5.41) is 9.21. The molecule has 1 saturated carbocycles. The van der Waals surface area contributed by atoms with Crippen molar-refractivity contribution < 1.29 is 0 Å². The lowest BCUT2D eigenvalue weighted by molar-refractivity contribution is 0.450. The van der Waals surface area contributed by atoms with Gasteiger partial charge in [-0.05, 0) is 38.3 Å². The minimum Gasteiger partial charge on any atom is -0.382 e. The van der Waals surface area contributed by atoms with Gasteiger partial charge in [-0.2, -0.15) is 5.26 Å². The molecule has 1 fully saturated rings. The van der Waals surface area contributed by atoms with Gasteiger partial charge in [-0.3, -0.25) is 4.68 Å². The van der Waals surface area contributed by atoms with Crippen molar-refractivity contribution >= 4 is 5.84 Å². The monoisotopic (exact) mass is 243 g/mol. The predicted molar refractivity (Wildman–Crippen MR) is 69.7 cm³/mol. The lowest BCUT2D eigenvalue weighted by atomic mass is 9.89. The first-order chi connectivity index (χ1) is 8.63. The van der Waals surface area contributed by atoms with Crippen LogP contribution in [0.2, 0.25) is 0 Å². The van der Waals surface area contributed by atoms with Crippen LogP contribution in [0.5, 0.6) is 0 Å². The van der Waals surface area contributed by atoms with Crippen LogP contribution in [0.15, 0.2) is 17.1 Å². The standard InChI is InChI=1S/C13H17N5/c1-13(7-14)5-4-9(6-13)10-2-3-11-12(15)16-8-17-18(10)11/h2-3,9,17H,4-6,8H2,1H3,(H2,15,16). The van der Waals surface area contributed by atoms with Gasteiger partial charge in [0.15, 0.2) is 0 Å². The van der Waals surface area contributed by atoms with Crippen LogP contribution >= 0.6 is 0 Å². The first kappa shape index (κ1) is 11.1. The maximum absolute atomic E-state index is 9.21. The molecule has 0 spiro atoms. The maximum Gasteiger partial charge on any atom is 0.146 e. The zero-order valence-corrected chi connectivity index (χ0v) is 10.5. The molecule has 1 aliphatic carbocycles. The minimum absolute atomic E-state index is 0.177.